The van der Waals surface area contributed by atoms with Gasteiger partial charge in [-0.2, -0.15) is 0 Å². The van der Waals surface area contributed by atoms with Crippen LogP contribution < -0.4 is 5.73 Å². The zero-order valence-corrected chi connectivity index (χ0v) is 11.9. The zero-order chi connectivity index (χ0) is 13.9. The number of halogens is 1. The monoisotopic (exact) mass is 265 g/mol. The van der Waals surface area contributed by atoms with Gasteiger partial charge in [-0.15, -0.1) is 0 Å². The Balaban J connectivity index is 1.78. The molecule has 2 rings (SSSR count). The third-order valence-corrected chi connectivity index (χ3v) is 4.10. The highest BCUT2D eigenvalue weighted by atomic mass is 19.1. The van der Waals surface area contributed by atoms with Crippen molar-refractivity contribution in [2.24, 2.45) is 11.1 Å². The van der Waals surface area contributed by atoms with Crippen LogP contribution in [-0.2, 0) is 0 Å². The van der Waals surface area contributed by atoms with Crippen molar-refractivity contribution in [3.8, 4) is 0 Å². The van der Waals surface area contributed by atoms with Gasteiger partial charge < -0.3 is 10.6 Å². The Kier molecular flexibility index (Phi) is 4.53. The van der Waals surface area contributed by atoms with Gasteiger partial charge in [0.25, 0.3) is 0 Å². The Hall–Kier alpha value is -1.00. The van der Waals surface area contributed by atoms with Gasteiger partial charge in [-0.25, -0.2) is 4.39 Å². The van der Waals surface area contributed by atoms with Crippen molar-refractivity contribution in [1.29, 1.82) is 0 Å². The number of aromatic nitrogens is 1. The fraction of sp³-hybridized carbons (Fsp3) is 0.667. The lowest BCUT2D eigenvalue weighted by Crippen LogP contribution is -2.38. The molecule has 2 heterocycles. The second-order valence-electron chi connectivity index (χ2n) is 6.30. The molecule has 1 aromatic rings. The summed E-state index contributed by atoms with van der Waals surface area (Å²) >= 11 is 0. The number of nitrogens with zero attached hydrogens (tertiary/aromatic N) is 2. The number of rotatable bonds is 4. The summed E-state index contributed by atoms with van der Waals surface area (Å²) in [4.78, 5) is 6.51. The standard InChI is InChI=1S/C15H24FN3/c1-15(2)6-9-19(10-7-15)8-5-13(17)14-4-3-12(16)11-18-14/h3-4,11,13H,5-10,17H2,1-2H3. The summed E-state index contributed by atoms with van der Waals surface area (Å²) in [6, 6.07) is 3.00. The predicted molar refractivity (Wildman–Crippen MR) is 75.2 cm³/mol. The van der Waals surface area contributed by atoms with Gasteiger partial charge >= 0.3 is 0 Å². The molecule has 1 saturated heterocycles. The molecule has 4 heteroatoms. The van der Waals surface area contributed by atoms with E-state index in [1.54, 1.807) is 6.07 Å². The van der Waals surface area contributed by atoms with E-state index in [4.69, 9.17) is 5.73 Å². The summed E-state index contributed by atoms with van der Waals surface area (Å²) in [5, 5.41) is 0. The summed E-state index contributed by atoms with van der Waals surface area (Å²) in [6.07, 6.45) is 4.60. The first-order valence-corrected chi connectivity index (χ1v) is 7.06. The van der Waals surface area contributed by atoms with Crippen LogP contribution in [0.2, 0.25) is 0 Å². The number of pyridine rings is 1. The lowest BCUT2D eigenvalue weighted by Gasteiger charge is -2.37. The van der Waals surface area contributed by atoms with E-state index in [0.29, 0.717) is 5.41 Å². The summed E-state index contributed by atoms with van der Waals surface area (Å²) in [5.74, 6) is -0.311. The zero-order valence-electron chi connectivity index (χ0n) is 11.9. The molecule has 0 amide bonds. The van der Waals surface area contributed by atoms with Crippen LogP contribution in [-0.4, -0.2) is 29.5 Å². The van der Waals surface area contributed by atoms with E-state index in [-0.39, 0.29) is 11.9 Å². The van der Waals surface area contributed by atoms with Crippen LogP contribution in [0.25, 0.3) is 0 Å². The van der Waals surface area contributed by atoms with Gasteiger partial charge in [-0.3, -0.25) is 4.98 Å². The molecule has 0 aliphatic carbocycles. The van der Waals surface area contributed by atoms with Crippen molar-refractivity contribution < 1.29 is 4.39 Å². The largest absolute Gasteiger partial charge is 0.323 e. The minimum absolute atomic E-state index is 0.101. The van der Waals surface area contributed by atoms with Crippen molar-refractivity contribution in [3.05, 3.63) is 29.8 Å². The number of hydrogen-bond acceptors (Lipinski definition) is 3. The Morgan fingerprint density at radius 3 is 2.63 bits per heavy atom. The lowest BCUT2D eigenvalue weighted by atomic mass is 9.82. The molecule has 19 heavy (non-hydrogen) atoms. The van der Waals surface area contributed by atoms with Crippen molar-refractivity contribution in [3.63, 3.8) is 0 Å². The maximum absolute atomic E-state index is 12.8. The minimum atomic E-state index is -0.311. The van der Waals surface area contributed by atoms with Gasteiger partial charge in [0.1, 0.15) is 5.82 Å². The van der Waals surface area contributed by atoms with Crippen molar-refractivity contribution in [1.82, 2.24) is 9.88 Å². The number of hydrogen-bond donors (Lipinski definition) is 1. The van der Waals surface area contributed by atoms with Gasteiger partial charge in [-0.05, 0) is 56.4 Å². The Bertz CT molecular complexity index is 392. The first-order chi connectivity index (χ1) is 8.96. The topological polar surface area (TPSA) is 42.1 Å². The maximum Gasteiger partial charge on any atom is 0.141 e. The summed E-state index contributed by atoms with van der Waals surface area (Å²) < 4.78 is 12.8. The van der Waals surface area contributed by atoms with Gasteiger partial charge in [0, 0.05) is 6.04 Å². The molecule has 0 bridgehead atoms. The average Bonchev–Trinajstić information content (AvgIpc) is 2.38. The molecule has 2 N–H and O–H groups in total. The second kappa shape index (κ2) is 5.97. The molecule has 1 unspecified atom stereocenters. The molecule has 0 spiro atoms. The van der Waals surface area contributed by atoms with Crippen molar-refractivity contribution in [2.75, 3.05) is 19.6 Å². The second-order valence-corrected chi connectivity index (χ2v) is 6.30. The van der Waals surface area contributed by atoms with Crippen LogP contribution >= 0.6 is 0 Å². The highest BCUT2D eigenvalue weighted by molar-refractivity contribution is 5.09. The minimum Gasteiger partial charge on any atom is -0.323 e. The number of nitrogens with two attached hydrogens (primary N) is 1. The molecule has 1 fully saturated rings. The average molecular weight is 265 g/mol. The van der Waals surface area contributed by atoms with Gasteiger partial charge in [0.05, 0.1) is 11.9 Å². The fourth-order valence-corrected chi connectivity index (χ4v) is 2.46. The SMILES string of the molecule is CC1(C)CCN(CCC(N)c2ccc(F)cn2)CC1. The van der Waals surface area contributed by atoms with Crippen LogP contribution in [0.4, 0.5) is 4.39 Å². The third-order valence-electron chi connectivity index (χ3n) is 4.10. The molecule has 0 radical (unpaired) electrons. The number of piperidine rings is 1. The van der Waals surface area contributed by atoms with Crippen LogP contribution in [0.3, 0.4) is 0 Å². The van der Waals surface area contributed by atoms with E-state index in [9.17, 15) is 4.39 Å². The molecule has 1 atom stereocenters. The molecular formula is C15H24FN3. The van der Waals surface area contributed by atoms with Gasteiger partial charge in [0.15, 0.2) is 0 Å². The lowest BCUT2D eigenvalue weighted by molar-refractivity contribution is 0.129. The third kappa shape index (κ3) is 4.25. The Morgan fingerprint density at radius 1 is 1.37 bits per heavy atom. The van der Waals surface area contributed by atoms with E-state index >= 15 is 0 Å². The highest BCUT2D eigenvalue weighted by Gasteiger charge is 2.25. The van der Waals surface area contributed by atoms with E-state index in [2.05, 4.69) is 23.7 Å². The van der Waals surface area contributed by atoms with Crippen molar-refractivity contribution >= 4 is 0 Å². The van der Waals surface area contributed by atoms with E-state index in [0.717, 1.165) is 31.7 Å². The fourth-order valence-electron chi connectivity index (χ4n) is 2.46. The van der Waals surface area contributed by atoms with Gasteiger partial charge in [-0.1, -0.05) is 13.8 Å². The molecular weight excluding hydrogens is 241 g/mol. The van der Waals surface area contributed by atoms with Gasteiger partial charge in [0.2, 0.25) is 0 Å². The molecule has 1 aliphatic rings. The Labute approximate surface area is 115 Å². The highest BCUT2D eigenvalue weighted by Crippen LogP contribution is 2.29. The summed E-state index contributed by atoms with van der Waals surface area (Å²) in [7, 11) is 0. The van der Waals surface area contributed by atoms with E-state index < -0.39 is 0 Å². The van der Waals surface area contributed by atoms with Crippen molar-refractivity contribution in [2.45, 2.75) is 39.2 Å². The molecule has 106 valence electrons. The summed E-state index contributed by atoms with van der Waals surface area (Å²) in [5.41, 5.74) is 7.36. The molecule has 1 aliphatic heterocycles. The first-order valence-electron chi connectivity index (χ1n) is 7.06. The van der Waals surface area contributed by atoms with Crippen LogP contribution in [0.15, 0.2) is 18.3 Å². The molecule has 3 nitrogen and oxygen atoms in total. The molecule has 0 aromatic carbocycles. The molecule has 1 aromatic heterocycles. The van der Waals surface area contributed by atoms with E-state index in [1.165, 1.54) is 25.1 Å². The molecule has 0 saturated carbocycles. The number of likely N-dealkylation sites (tertiary alicyclic amines) is 1. The van der Waals surface area contributed by atoms with Crippen LogP contribution in [0.5, 0.6) is 0 Å². The quantitative estimate of drug-likeness (QED) is 0.910. The maximum atomic E-state index is 12.8. The van der Waals surface area contributed by atoms with Crippen LogP contribution in [0.1, 0.15) is 44.8 Å². The summed E-state index contributed by atoms with van der Waals surface area (Å²) in [6.45, 7) is 7.96. The Morgan fingerprint density at radius 2 is 2.05 bits per heavy atom. The smallest absolute Gasteiger partial charge is 0.141 e. The first kappa shape index (κ1) is 14.4. The predicted octanol–water partition coefficient (Wildman–Crippen LogP) is 2.73. The normalized spacial score (nSPS) is 21.3. The van der Waals surface area contributed by atoms with E-state index in [1.807, 2.05) is 0 Å². The van der Waals surface area contributed by atoms with Crippen LogP contribution in [0, 0.1) is 11.2 Å².